The number of β-lactam (4-membered cyclic amide) rings is 1. The third-order valence-electron chi connectivity index (χ3n) is 4.65. The topological polar surface area (TPSA) is 124 Å². The third kappa shape index (κ3) is 3.25. The molecule has 0 radical (unpaired) electrons. The zero-order chi connectivity index (χ0) is 20.1. The first-order valence-corrected chi connectivity index (χ1v) is 9.36. The molecule has 0 spiro atoms. The van der Waals surface area contributed by atoms with Gasteiger partial charge in [-0.15, -0.1) is 23.4 Å². The number of rotatable bonds is 5. The van der Waals surface area contributed by atoms with Crippen molar-refractivity contribution in [1.82, 2.24) is 10.2 Å². The van der Waals surface area contributed by atoms with Crippen LogP contribution >= 0.6 is 23.4 Å². The molecule has 2 amide bonds. The van der Waals surface area contributed by atoms with E-state index in [-0.39, 0.29) is 5.56 Å². The molecule has 2 aliphatic heterocycles. The highest BCUT2D eigenvalue weighted by atomic mass is 35.5. The number of thioether (sulfide) groups is 1. The molecule has 2 saturated heterocycles. The molecule has 8 nitrogen and oxygen atoms in total. The molecule has 144 valence electrons. The van der Waals surface area contributed by atoms with Crippen molar-refractivity contribution in [2.75, 3.05) is 0 Å². The maximum absolute atomic E-state index is 12.4. The summed E-state index contributed by atoms with van der Waals surface area (Å²) in [7, 11) is 0. The fourth-order valence-electron chi connectivity index (χ4n) is 3.32. The number of amides is 2. The molecule has 27 heavy (non-hydrogen) atoms. The van der Waals surface area contributed by atoms with Crippen LogP contribution in [0.5, 0.6) is 0 Å². The molecule has 2 unspecified atom stereocenters. The lowest BCUT2D eigenvalue weighted by Gasteiger charge is -2.43. The highest BCUT2D eigenvalue weighted by Gasteiger charge is 2.64. The molecule has 10 heteroatoms. The number of nitrogens with one attached hydrogen (secondary N) is 1. The van der Waals surface area contributed by atoms with Gasteiger partial charge in [-0.05, 0) is 31.5 Å². The van der Waals surface area contributed by atoms with E-state index in [1.54, 1.807) is 13.8 Å². The predicted molar refractivity (Wildman–Crippen MR) is 97.7 cm³/mol. The van der Waals surface area contributed by atoms with Crippen LogP contribution < -0.4 is 5.32 Å². The lowest BCUT2D eigenvalue weighted by molar-refractivity contribution is -0.161. The molecular formula is C17H17ClN2O6S. The number of fused-ring (bicyclic) bond motifs is 1. The van der Waals surface area contributed by atoms with Gasteiger partial charge in [0.05, 0.1) is 5.56 Å². The SMILES string of the molecule is CC1(C)S[C@@H]2C(NC(=O)C(Cl)c3ccc(C(=O)O)cc3)C(=O)N2[C@H]1C(=O)O. The average molecular weight is 413 g/mol. The van der Waals surface area contributed by atoms with Crippen LogP contribution in [0.1, 0.15) is 35.1 Å². The summed E-state index contributed by atoms with van der Waals surface area (Å²) in [4.78, 5) is 48.5. The van der Waals surface area contributed by atoms with Gasteiger partial charge >= 0.3 is 11.9 Å². The number of hydrogen-bond donors (Lipinski definition) is 3. The van der Waals surface area contributed by atoms with Gasteiger partial charge in [-0.25, -0.2) is 9.59 Å². The van der Waals surface area contributed by atoms with Gasteiger partial charge in [0.15, 0.2) is 0 Å². The van der Waals surface area contributed by atoms with Gasteiger partial charge in [-0.2, -0.15) is 0 Å². The Balaban J connectivity index is 1.69. The van der Waals surface area contributed by atoms with Gasteiger partial charge in [0, 0.05) is 4.75 Å². The molecule has 2 fully saturated rings. The molecule has 0 saturated carbocycles. The van der Waals surface area contributed by atoms with E-state index in [0.717, 1.165) is 0 Å². The predicted octanol–water partition coefficient (Wildman–Crippen LogP) is 1.30. The van der Waals surface area contributed by atoms with E-state index in [1.165, 1.54) is 40.9 Å². The highest BCUT2D eigenvalue weighted by molar-refractivity contribution is 8.01. The first-order valence-electron chi connectivity index (χ1n) is 8.05. The van der Waals surface area contributed by atoms with Gasteiger partial charge in [0.25, 0.3) is 0 Å². The number of carboxylic acid groups (broad SMARTS) is 2. The average Bonchev–Trinajstić information content (AvgIpc) is 2.87. The van der Waals surface area contributed by atoms with E-state index in [4.69, 9.17) is 16.7 Å². The number of aromatic carboxylic acids is 1. The first-order chi connectivity index (χ1) is 12.5. The minimum atomic E-state index is -1.11. The molecule has 3 N–H and O–H groups in total. The minimum absolute atomic E-state index is 0.0668. The van der Waals surface area contributed by atoms with E-state index < -0.39 is 51.3 Å². The Labute approximate surface area is 163 Å². The minimum Gasteiger partial charge on any atom is -0.480 e. The summed E-state index contributed by atoms with van der Waals surface area (Å²) in [5.74, 6) is -3.23. The number of aliphatic carboxylic acids is 1. The van der Waals surface area contributed by atoms with Crippen LogP contribution in [0.25, 0.3) is 0 Å². The number of hydrogen-bond acceptors (Lipinski definition) is 5. The second-order valence-corrected chi connectivity index (χ2v) is 9.08. The molecule has 2 aliphatic rings. The lowest BCUT2D eigenvalue weighted by atomic mass is 9.96. The van der Waals surface area contributed by atoms with Crippen molar-refractivity contribution in [3.05, 3.63) is 35.4 Å². The van der Waals surface area contributed by atoms with E-state index in [0.29, 0.717) is 5.56 Å². The summed E-state index contributed by atoms with van der Waals surface area (Å²) in [5.41, 5.74) is 0.461. The number of alkyl halides is 1. The Hall–Kier alpha value is -2.26. The summed E-state index contributed by atoms with van der Waals surface area (Å²) < 4.78 is -0.682. The monoisotopic (exact) mass is 412 g/mol. The fraction of sp³-hybridized carbons (Fsp3) is 0.412. The van der Waals surface area contributed by atoms with Crippen LogP contribution in [0, 0.1) is 0 Å². The summed E-state index contributed by atoms with van der Waals surface area (Å²) in [6.45, 7) is 3.49. The van der Waals surface area contributed by atoms with Crippen molar-refractivity contribution in [3.63, 3.8) is 0 Å². The molecule has 0 bridgehead atoms. The molecule has 4 atom stereocenters. The van der Waals surface area contributed by atoms with Crippen LogP contribution in [0.2, 0.25) is 0 Å². The van der Waals surface area contributed by atoms with Crippen molar-refractivity contribution >= 4 is 47.1 Å². The number of carbonyl (C=O) groups is 4. The quantitative estimate of drug-likeness (QED) is 0.491. The summed E-state index contributed by atoms with van der Waals surface area (Å²) in [6, 6.07) is 3.74. The van der Waals surface area contributed by atoms with Gasteiger partial charge in [-0.3, -0.25) is 9.59 Å². The largest absolute Gasteiger partial charge is 0.480 e. The van der Waals surface area contributed by atoms with Crippen molar-refractivity contribution < 1.29 is 29.4 Å². The van der Waals surface area contributed by atoms with Crippen molar-refractivity contribution in [3.8, 4) is 0 Å². The third-order valence-corrected chi connectivity index (χ3v) is 6.67. The maximum Gasteiger partial charge on any atom is 0.335 e. The van der Waals surface area contributed by atoms with E-state index in [2.05, 4.69) is 5.32 Å². The van der Waals surface area contributed by atoms with Crippen LogP contribution in [0.15, 0.2) is 24.3 Å². The fourth-order valence-corrected chi connectivity index (χ4v) is 5.15. The number of carboxylic acids is 2. The normalized spacial score (nSPS) is 26.7. The van der Waals surface area contributed by atoms with Crippen LogP contribution in [0.3, 0.4) is 0 Å². The molecule has 3 rings (SSSR count). The molecular weight excluding hydrogens is 396 g/mol. The lowest BCUT2D eigenvalue weighted by Crippen LogP contribution is -2.70. The summed E-state index contributed by atoms with van der Waals surface area (Å²) in [6.07, 6.45) is 0. The second kappa shape index (κ2) is 6.72. The molecule has 0 aliphatic carbocycles. The molecule has 2 heterocycles. The molecule has 1 aromatic carbocycles. The number of benzene rings is 1. The standard InChI is InChI=1S/C17H17ClN2O6S/c1-17(2)11(16(25)26)20-13(22)10(14(20)27-17)19-12(21)9(18)7-3-5-8(6-4-7)15(23)24/h3-6,9-11,14H,1-2H3,(H,19,21)(H,23,24)(H,25,26)/t9?,10?,11-,14+/m0/s1. The highest BCUT2D eigenvalue weighted by Crippen LogP contribution is 2.50. The Morgan fingerprint density at radius 3 is 2.33 bits per heavy atom. The maximum atomic E-state index is 12.4. The number of nitrogens with zero attached hydrogens (tertiary/aromatic N) is 1. The zero-order valence-electron chi connectivity index (χ0n) is 14.4. The molecule has 0 aromatic heterocycles. The van der Waals surface area contributed by atoms with Gasteiger partial charge < -0.3 is 20.4 Å². The summed E-state index contributed by atoms with van der Waals surface area (Å²) in [5, 5.41) is 19.3. The van der Waals surface area contributed by atoms with Crippen molar-refractivity contribution in [2.45, 2.75) is 41.4 Å². The van der Waals surface area contributed by atoms with E-state index >= 15 is 0 Å². The number of halogens is 1. The van der Waals surface area contributed by atoms with Crippen LogP contribution in [-0.4, -0.2) is 61.1 Å². The zero-order valence-corrected chi connectivity index (χ0v) is 16.0. The summed E-state index contributed by atoms with van der Waals surface area (Å²) >= 11 is 7.48. The van der Waals surface area contributed by atoms with Gasteiger partial charge in [0.1, 0.15) is 22.8 Å². The van der Waals surface area contributed by atoms with E-state index in [1.807, 2.05) is 0 Å². The van der Waals surface area contributed by atoms with E-state index in [9.17, 15) is 24.3 Å². The first kappa shape index (κ1) is 19.5. The van der Waals surface area contributed by atoms with Crippen molar-refractivity contribution in [2.24, 2.45) is 0 Å². The van der Waals surface area contributed by atoms with Crippen molar-refractivity contribution in [1.29, 1.82) is 0 Å². The van der Waals surface area contributed by atoms with Gasteiger partial charge in [-0.1, -0.05) is 12.1 Å². The molecule has 1 aromatic rings. The van der Waals surface area contributed by atoms with Gasteiger partial charge in [0.2, 0.25) is 11.8 Å². The second-order valence-electron chi connectivity index (χ2n) is 6.87. The Kier molecular flexibility index (Phi) is 4.85. The Morgan fingerprint density at radius 1 is 1.22 bits per heavy atom. The Bertz CT molecular complexity index is 827. The van der Waals surface area contributed by atoms with Crippen LogP contribution in [-0.2, 0) is 14.4 Å². The van der Waals surface area contributed by atoms with Crippen LogP contribution in [0.4, 0.5) is 0 Å². The Morgan fingerprint density at radius 2 is 1.81 bits per heavy atom. The number of carbonyl (C=O) groups excluding carboxylic acids is 2. The smallest absolute Gasteiger partial charge is 0.335 e.